The summed E-state index contributed by atoms with van der Waals surface area (Å²) in [5.41, 5.74) is -0.0517. The molecule has 19 heavy (non-hydrogen) atoms. The number of nitrogens with one attached hydrogen (secondary N) is 1. The molecular formula is C16H34N2O. The number of aliphatic hydroxyl groups excluding tert-OH is 1. The van der Waals surface area contributed by atoms with E-state index in [1.54, 1.807) is 0 Å². The van der Waals surface area contributed by atoms with Crippen LogP contribution in [-0.4, -0.2) is 47.8 Å². The SMILES string of the molecule is CCNC(CC)(CO)CCCN(CC)C1CCCC1. The lowest BCUT2D eigenvalue weighted by Crippen LogP contribution is -2.48. The fourth-order valence-electron chi connectivity index (χ4n) is 3.50. The predicted molar refractivity (Wildman–Crippen MR) is 82.5 cm³/mol. The van der Waals surface area contributed by atoms with E-state index in [1.165, 1.54) is 45.2 Å². The first-order valence-corrected chi connectivity index (χ1v) is 8.31. The Morgan fingerprint density at radius 1 is 1.21 bits per heavy atom. The molecule has 1 fully saturated rings. The fourth-order valence-corrected chi connectivity index (χ4v) is 3.50. The van der Waals surface area contributed by atoms with Crippen molar-refractivity contribution in [2.24, 2.45) is 0 Å². The quantitative estimate of drug-likeness (QED) is 0.641. The average molecular weight is 270 g/mol. The van der Waals surface area contributed by atoms with Gasteiger partial charge in [-0.2, -0.15) is 0 Å². The van der Waals surface area contributed by atoms with Gasteiger partial charge in [0.1, 0.15) is 0 Å². The van der Waals surface area contributed by atoms with Crippen molar-refractivity contribution in [2.45, 2.75) is 77.3 Å². The van der Waals surface area contributed by atoms with Gasteiger partial charge in [-0.05, 0) is 51.7 Å². The zero-order valence-corrected chi connectivity index (χ0v) is 13.2. The van der Waals surface area contributed by atoms with E-state index in [9.17, 15) is 5.11 Å². The van der Waals surface area contributed by atoms with Crippen LogP contribution in [0.25, 0.3) is 0 Å². The highest BCUT2D eigenvalue weighted by Gasteiger charge is 2.26. The smallest absolute Gasteiger partial charge is 0.0613 e. The molecule has 1 rings (SSSR count). The van der Waals surface area contributed by atoms with Gasteiger partial charge >= 0.3 is 0 Å². The molecule has 0 saturated heterocycles. The highest BCUT2D eigenvalue weighted by molar-refractivity contribution is 4.86. The largest absolute Gasteiger partial charge is 0.394 e. The van der Waals surface area contributed by atoms with Crippen molar-refractivity contribution in [2.75, 3.05) is 26.2 Å². The first-order chi connectivity index (χ1) is 9.21. The van der Waals surface area contributed by atoms with Crippen molar-refractivity contribution in [1.82, 2.24) is 10.2 Å². The van der Waals surface area contributed by atoms with Crippen LogP contribution in [0.5, 0.6) is 0 Å². The van der Waals surface area contributed by atoms with E-state index in [1.807, 2.05) is 0 Å². The van der Waals surface area contributed by atoms with Crippen molar-refractivity contribution in [3.05, 3.63) is 0 Å². The lowest BCUT2D eigenvalue weighted by atomic mass is 9.91. The van der Waals surface area contributed by atoms with Crippen LogP contribution in [0.1, 0.15) is 65.7 Å². The zero-order chi connectivity index (χ0) is 14.1. The van der Waals surface area contributed by atoms with Crippen LogP contribution < -0.4 is 5.32 Å². The molecule has 1 aliphatic rings. The van der Waals surface area contributed by atoms with Crippen LogP contribution in [0.3, 0.4) is 0 Å². The van der Waals surface area contributed by atoms with Crippen LogP contribution in [-0.2, 0) is 0 Å². The first kappa shape index (κ1) is 16.9. The van der Waals surface area contributed by atoms with E-state index in [4.69, 9.17) is 0 Å². The molecule has 0 heterocycles. The Morgan fingerprint density at radius 2 is 1.89 bits per heavy atom. The van der Waals surface area contributed by atoms with E-state index in [2.05, 4.69) is 31.0 Å². The number of hydrogen-bond donors (Lipinski definition) is 2. The number of rotatable bonds is 10. The van der Waals surface area contributed by atoms with Gasteiger partial charge in [-0.1, -0.05) is 33.6 Å². The topological polar surface area (TPSA) is 35.5 Å². The third-order valence-corrected chi connectivity index (χ3v) is 4.88. The Labute approximate surface area is 119 Å². The summed E-state index contributed by atoms with van der Waals surface area (Å²) in [5, 5.41) is 13.2. The van der Waals surface area contributed by atoms with Crippen molar-refractivity contribution in [3.63, 3.8) is 0 Å². The highest BCUT2D eigenvalue weighted by Crippen LogP contribution is 2.24. The Hall–Kier alpha value is -0.120. The molecule has 0 amide bonds. The molecule has 0 spiro atoms. The van der Waals surface area contributed by atoms with Gasteiger partial charge in [0.25, 0.3) is 0 Å². The standard InChI is InChI=1S/C16H34N2O/c1-4-16(14-19,17-5-2)12-9-13-18(6-3)15-10-7-8-11-15/h15,17,19H,4-14H2,1-3H3. The molecule has 3 heteroatoms. The molecule has 3 nitrogen and oxygen atoms in total. The van der Waals surface area contributed by atoms with Crippen LogP contribution >= 0.6 is 0 Å². The summed E-state index contributed by atoms with van der Waals surface area (Å²) in [5.74, 6) is 0. The molecule has 1 unspecified atom stereocenters. The highest BCUT2D eigenvalue weighted by atomic mass is 16.3. The third kappa shape index (κ3) is 5.05. The number of aliphatic hydroxyl groups is 1. The van der Waals surface area contributed by atoms with E-state index < -0.39 is 0 Å². The Kier molecular flexibility index (Phi) is 7.96. The number of likely N-dealkylation sites (N-methyl/N-ethyl adjacent to an activating group) is 1. The lowest BCUT2D eigenvalue weighted by molar-refractivity contribution is 0.134. The first-order valence-electron chi connectivity index (χ1n) is 8.31. The Morgan fingerprint density at radius 3 is 2.37 bits per heavy atom. The van der Waals surface area contributed by atoms with Crippen molar-refractivity contribution in [1.29, 1.82) is 0 Å². The van der Waals surface area contributed by atoms with Gasteiger partial charge in [0, 0.05) is 11.6 Å². The van der Waals surface area contributed by atoms with Crippen molar-refractivity contribution >= 4 is 0 Å². The van der Waals surface area contributed by atoms with Gasteiger partial charge in [0.15, 0.2) is 0 Å². The summed E-state index contributed by atoms with van der Waals surface area (Å²) >= 11 is 0. The summed E-state index contributed by atoms with van der Waals surface area (Å²) in [6.07, 6.45) is 8.87. The normalized spacial score (nSPS) is 20.1. The summed E-state index contributed by atoms with van der Waals surface area (Å²) in [7, 11) is 0. The molecule has 0 radical (unpaired) electrons. The molecule has 0 aliphatic heterocycles. The molecule has 1 saturated carbocycles. The second kappa shape index (κ2) is 8.93. The van der Waals surface area contributed by atoms with Crippen LogP contribution in [0.4, 0.5) is 0 Å². The molecule has 0 bridgehead atoms. The van der Waals surface area contributed by atoms with Gasteiger partial charge in [0.2, 0.25) is 0 Å². The fraction of sp³-hybridized carbons (Fsp3) is 1.00. The minimum atomic E-state index is -0.0517. The number of nitrogens with zero attached hydrogens (tertiary/aromatic N) is 1. The molecule has 1 atom stereocenters. The van der Waals surface area contributed by atoms with Gasteiger partial charge in [-0.25, -0.2) is 0 Å². The van der Waals surface area contributed by atoms with Gasteiger partial charge in [0.05, 0.1) is 6.61 Å². The molecule has 1 aliphatic carbocycles. The van der Waals surface area contributed by atoms with Gasteiger partial charge < -0.3 is 15.3 Å². The molecule has 114 valence electrons. The summed E-state index contributed by atoms with van der Waals surface area (Å²) in [6.45, 7) is 10.1. The zero-order valence-electron chi connectivity index (χ0n) is 13.2. The van der Waals surface area contributed by atoms with Crippen LogP contribution in [0, 0.1) is 0 Å². The summed E-state index contributed by atoms with van der Waals surface area (Å²) in [4.78, 5) is 2.65. The summed E-state index contributed by atoms with van der Waals surface area (Å²) < 4.78 is 0. The second-order valence-corrected chi connectivity index (χ2v) is 5.99. The van der Waals surface area contributed by atoms with Crippen LogP contribution in [0.15, 0.2) is 0 Å². The molecular weight excluding hydrogens is 236 g/mol. The Bertz CT molecular complexity index is 223. The number of hydrogen-bond acceptors (Lipinski definition) is 3. The van der Waals surface area contributed by atoms with Crippen molar-refractivity contribution < 1.29 is 5.11 Å². The third-order valence-electron chi connectivity index (χ3n) is 4.88. The maximum absolute atomic E-state index is 9.67. The molecule has 0 aromatic carbocycles. The minimum Gasteiger partial charge on any atom is -0.394 e. The van der Waals surface area contributed by atoms with E-state index in [-0.39, 0.29) is 12.1 Å². The van der Waals surface area contributed by atoms with E-state index in [0.29, 0.717) is 0 Å². The van der Waals surface area contributed by atoms with E-state index in [0.717, 1.165) is 25.4 Å². The monoisotopic (exact) mass is 270 g/mol. The molecule has 0 aromatic heterocycles. The lowest BCUT2D eigenvalue weighted by Gasteiger charge is -2.34. The van der Waals surface area contributed by atoms with Crippen molar-refractivity contribution in [3.8, 4) is 0 Å². The molecule has 0 aromatic rings. The minimum absolute atomic E-state index is 0.0517. The predicted octanol–water partition coefficient (Wildman–Crippen LogP) is 2.78. The van der Waals surface area contributed by atoms with Gasteiger partial charge in [-0.3, -0.25) is 0 Å². The molecule has 2 N–H and O–H groups in total. The van der Waals surface area contributed by atoms with Gasteiger partial charge in [-0.15, -0.1) is 0 Å². The van der Waals surface area contributed by atoms with E-state index >= 15 is 0 Å². The maximum Gasteiger partial charge on any atom is 0.0613 e. The average Bonchev–Trinajstić information content (AvgIpc) is 2.96. The second-order valence-electron chi connectivity index (χ2n) is 5.99. The Balaban J connectivity index is 2.36. The van der Waals surface area contributed by atoms with Crippen LogP contribution in [0.2, 0.25) is 0 Å². The maximum atomic E-state index is 9.67. The summed E-state index contributed by atoms with van der Waals surface area (Å²) in [6, 6.07) is 0.828.